The normalized spacial score (nSPS) is 11.4. The molecule has 0 bridgehead atoms. The van der Waals surface area contributed by atoms with Gasteiger partial charge in [-0.2, -0.15) is 0 Å². The summed E-state index contributed by atoms with van der Waals surface area (Å²) >= 11 is 0. The SMILES string of the molecule is CN(CCOCc1ccccc1)/C(N)=N/N. The standard InChI is InChI=1S/C11H18N4O/c1-15(11(12)14-13)7-8-16-9-10-5-3-2-4-6-10/h2-6H,7-9,13H2,1H3,(H2,12,14). The zero-order chi connectivity index (χ0) is 11.8. The minimum absolute atomic E-state index is 0.309. The molecule has 4 N–H and O–H groups in total. The second-order valence-electron chi connectivity index (χ2n) is 3.45. The predicted octanol–water partition coefficient (Wildman–Crippen LogP) is 0.323. The molecule has 0 unspecified atom stereocenters. The van der Waals surface area contributed by atoms with Crippen molar-refractivity contribution in [1.82, 2.24) is 4.90 Å². The summed E-state index contributed by atoms with van der Waals surface area (Å²) < 4.78 is 5.49. The first-order valence-electron chi connectivity index (χ1n) is 5.10. The van der Waals surface area contributed by atoms with Crippen molar-refractivity contribution in [3.63, 3.8) is 0 Å². The van der Waals surface area contributed by atoms with E-state index in [0.717, 1.165) is 5.56 Å². The average Bonchev–Trinajstić information content (AvgIpc) is 2.34. The molecule has 0 saturated carbocycles. The first-order valence-corrected chi connectivity index (χ1v) is 5.10. The molecule has 5 nitrogen and oxygen atoms in total. The van der Waals surface area contributed by atoms with Crippen molar-refractivity contribution >= 4 is 5.96 Å². The molecule has 0 heterocycles. The fourth-order valence-corrected chi connectivity index (χ4v) is 1.18. The van der Waals surface area contributed by atoms with Crippen molar-refractivity contribution in [2.45, 2.75) is 6.61 Å². The van der Waals surface area contributed by atoms with E-state index in [4.69, 9.17) is 16.3 Å². The van der Waals surface area contributed by atoms with Crippen LogP contribution in [0.1, 0.15) is 5.56 Å². The summed E-state index contributed by atoms with van der Waals surface area (Å²) in [6, 6.07) is 10.0. The van der Waals surface area contributed by atoms with Gasteiger partial charge < -0.3 is 21.2 Å². The number of hydrogen-bond donors (Lipinski definition) is 2. The van der Waals surface area contributed by atoms with Crippen LogP contribution in [-0.4, -0.2) is 31.1 Å². The Morgan fingerprint density at radius 2 is 2.06 bits per heavy atom. The molecule has 0 spiro atoms. The van der Waals surface area contributed by atoms with Crippen LogP contribution < -0.4 is 11.6 Å². The monoisotopic (exact) mass is 222 g/mol. The zero-order valence-corrected chi connectivity index (χ0v) is 9.47. The average molecular weight is 222 g/mol. The van der Waals surface area contributed by atoms with E-state index in [9.17, 15) is 0 Å². The Kier molecular flexibility index (Phi) is 5.15. The lowest BCUT2D eigenvalue weighted by Gasteiger charge is -2.16. The van der Waals surface area contributed by atoms with Gasteiger partial charge in [0.2, 0.25) is 5.96 Å². The van der Waals surface area contributed by atoms with Crippen LogP contribution in [-0.2, 0) is 11.3 Å². The van der Waals surface area contributed by atoms with Gasteiger partial charge in [-0.05, 0) is 5.56 Å². The molecule has 0 aliphatic carbocycles. The van der Waals surface area contributed by atoms with E-state index in [0.29, 0.717) is 25.7 Å². The number of nitrogens with zero attached hydrogens (tertiary/aromatic N) is 2. The van der Waals surface area contributed by atoms with Crippen molar-refractivity contribution in [3.8, 4) is 0 Å². The second-order valence-corrected chi connectivity index (χ2v) is 3.45. The predicted molar refractivity (Wildman–Crippen MR) is 64.5 cm³/mol. The van der Waals surface area contributed by atoms with Crippen LogP contribution in [0.3, 0.4) is 0 Å². The first-order chi connectivity index (χ1) is 7.74. The minimum Gasteiger partial charge on any atom is -0.375 e. The molecule has 88 valence electrons. The maximum Gasteiger partial charge on any atom is 0.213 e. The molecule has 0 aliphatic heterocycles. The highest BCUT2D eigenvalue weighted by molar-refractivity contribution is 5.77. The maximum atomic E-state index is 5.51. The van der Waals surface area contributed by atoms with Gasteiger partial charge in [0, 0.05) is 13.6 Å². The number of hydrogen-bond acceptors (Lipinski definition) is 3. The highest BCUT2D eigenvalue weighted by Gasteiger charge is 2.00. The molecule has 1 rings (SSSR count). The van der Waals surface area contributed by atoms with Crippen LogP contribution >= 0.6 is 0 Å². The zero-order valence-electron chi connectivity index (χ0n) is 9.47. The molecule has 0 saturated heterocycles. The van der Waals surface area contributed by atoms with Gasteiger partial charge in [-0.1, -0.05) is 30.3 Å². The molecular weight excluding hydrogens is 204 g/mol. The Hall–Kier alpha value is -1.75. The quantitative estimate of drug-likeness (QED) is 0.247. The smallest absolute Gasteiger partial charge is 0.213 e. The van der Waals surface area contributed by atoms with Crippen LogP contribution in [0.2, 0.25) is 0 Å². The van der Waals surface area contributed by atoms with Gasteiger partial charge in [-0.3, -0.25) is 0 Å². The molecule has 1 aromatic rings. The van der Waals surface area contributed by atoms with E-state index in [-0.39, 0.29) is 0 Å². The Bertz CT molecular complexity index is 326. The van der Waals surface area contributed by atoms with E-state index in [1.165, 1.54) is 0 Å². The van der Waals surface area contributed by atoms with E-state index in [1.807, 2.05) is 37.4 Å². The lowest BCUT2D eigenvalue weighted by Crippen LogP contribution is -2.37. The van der Waals surface area contributed by atoms with Crippen molar-refractivity contribution < 1.29 is 4.74 Å². The lowest BCUT2D eigenvalue weighted by atomic mass is 10.2. The van der Waals surface area contributed by atoms with Gasteiger partial charge in [0.15, 0.2) is 0 Å². The van der Waals surface area contributed by atoms with Crippen LogP contribution in [0.15, 0.2) is 35.4 Å². The van der Waals surface area contributed by atoms with E-state index < -0.39 is 0 Å². The van der Waals surface area contributed by atoms with Crippen LogP contribution in [0, 0.1) is 0 Å². The summed E-state index contributed by atoms with van der Waals surface area (Å²) in [5.74, 6) is 5.36. The Labute approximate surface area is 95.7 Å². The highest BCUT2D eigenvalue weighted by atomic mass is 16.5. The molecule has 5 heteroatoms. The van der Waals surface area contributed by atoms with Crippen molar-refractivity contribution in [2.75, 3.05) is 20.2 Å². The van der Waals surface area contributed by atoms with Gasteiger partial charge in [-0.25, -0.2) is 0 Å². The molecule has 0 aromatic heterocycles. The Morgan fingerprint density at radius 1 is 1.38 bits per heavy atom. The van der Waals surface area contributed by atoms with E-state index in [1.54, 1.807) is 4.90 Å². The van der Waals surface area contributed by atoms with Gasteiger partial charge >= 0.3 is 0 Å². The number of likely N-dealkylation sites (N-methyl/N-ethyl adjacent to an activating group) is 1. The third-order valence-corrected chi connectivity index (χ3v) is 2.21. The summed E-state index contributed by atoms with van der Waals surface area (Å²) in [7, 11) is 1.82. The molecule has 0 radical (unpaired) electrons. The van der Waals surface area contributed by atoms with Crippen molar-refractivity contribution in [3.05, 3.63) is 35.9 Å². The third kappa shape index (κ3) is 4.18. The van der Waals surface area contributed by atoms with Crippen molar-refractivity contribution in [2.24, 2.45) is 16.7 Å². The van der Waals surface area contributed by atoms with E-state index >= 15 is 0 Å². The number of guanidine groups is 1. The fraction of sp³-hybridized carbons (Fsp3) is 0.364. The number of benzene rings is 1. The molecule has 16 heavy (non-hydrogen) atoms. The molecular formula is C11H18N4O. The van der Waals surface area contributed by atoms with Gasteiger partial charge in [0.05, 0.1) is 13.2 Å². The third-order valence-electron chi connectivity index (χ3n) is 2.21. The maximum absolute atomic E-state index is 5.51. The van der Waals surface area contributed by atoms with Crippen LogP contribution in [0.4, 0.5) is 0 Å². The number of hydrazone groups is 1. The van der Waals surface area contributed by atoms with E-state index in [2.05, 4.69) is 5.10 Å². The molecule has 0 atom stereocenters. The van der Waals surface area contributed by atoms with Crippen molar-refractivity contribution in [1.29, 1.82) is 0 Å². The van der Waals surface area contributed by atoms with Gasteiger partial charge in [0.1, 0.15) is 0 Å². The lowest BCUT2D eigenvalue weighted by molar-refractivity contribution is 0.111. The number of ether oxygens (including phenoxy) is 1. The van der Waals surface area contributed by atoms with Gasteiger partial charge in [0.25, 0.3) is 0 Å². The molecule has 1 aromatic carbocycles. The highest BCUT2D eigenvalue weighted by Crippen LogP contribution is 2.00. The minimum atomic E-state index is 0.309. The summed E-state index contributed by atoms with van der Waals surface area (Å²) in [6.45, 7) is 1.86. The summed E-state index contributed by atoms with van der Waals surface area (Å²) in [6.07, 6.45) is 0. The summed E-state index contributed by atoms with van der Waals surface area (Å²) in [4.78, 5) is 1.74. The number of nitrogens with two attached hydrogens (primary N) is 2. The first kappa shape index (κ1) is 12.3. The molecule has 0 amide bonds. The molecule has 0 fully saturated rings. The topological polar surface area (TPSA) is 76.9 Å². The summed E-state index contributed by atoms with van der Waals surface area (Å²) in [5.41, 5.74) is 6.66. The Balaban J connectivity index is 2.17. The Morgan fingerprint density at radius 3 is 2.69 bits per heavy atom. The van der Waals surface area contributed by atoms with Crippen LogP contribution in [0.5, 0.6) is 0 Å². The van der Waals surface area contributed by atoms with Gasteiger partial charge in [-0.15, -0.1) is 5.10 Å². The molecule has 0 aliphatic rings. The largest absolute Gasteiger partial charge is 0.375 e. The summed E-state index contributed by atoms with van der Waals surface area (Å²) in [5, 5.41) is 3.39. The number of rotatable bonds is 5. The second kappa shape index (κ2) is 6.68. The van der Waals surface area contributed by atoms with Crippen LogP contribution in [0.25, 0.3) is 0 Å². The fourth-order valence-electron chi connectivity index (χ4n) is 1.18.